The number of methoxy groups -OCH3 is 1. The van der Waals surface area contributed by atoms with Gasteiger partial charge in [-0.1, -0.05) is 12.1 Å². The molecule has 2 heterocycles. The largest absolute Gasteiger partial charge is 0.383 e. The molecule has 1 unspecified atom stereocenters. The molecule has 0 spiro atoms. The second-order valence-corrected chi connectivity index (χ2v) is 10.1. The zero-order valence-corrected chi connectivity index (χ0v) is 21.5. The molecule has 37 heavy (non-hydrogen) atoms. The van der Waals surface area contributed by atoms with Crippen LogP contribution in [0.4, 0.5) is 4.39 Å². The average Bonchev–Trinajstić information content (AvgIpc) is 2.93. The number of aromatic nitrogens is 1. The van der Waals surface area contributed by atoms with Crippen LogP contribution in [0.1, 0.15) is 54.4 Å². The monoisotopic (exact) mass is 511 g/mol. The average molecular weight is 512 g/mol. The number of pyridine rings is 1. The lowest BCUT2D eigenvalue weighted by Crippen LogP contribution is -2.58. The number of carbonyl (C=O) groups is 2. The molecule has 1 aromatic heterocycles. The van der Waals surface area contributed by atoms with Crippen molar-refractivity contribution in [1.82, 2.24) is 20.1 Å². The summed E-state index contributed by atoms with van der Waals surface area (Å²) in [4.78, 5) is 35.1. The first-order valence-electron chi connectivity index (χ1n) is 13.2. The van der Waals surface area contributed by atoms with Gasteiger partial charge in [-0.3, -0.25) is 19.5 Å². The number of rotatable bonds is 9. The number of nitrogens with two attached hydrogens (primary N) is 1. The van der Waals surface area contributed by atoms with E-state index in [-0.39, 0.29) is 35.8 Å². The Bertz CT molecular complexity index is 1010. The Hall–Kier alpha value is -2.88. The minimum absolute atomic E-state index is 0.0636. The number of piperidine rings is 1. The molecule has 2 fully saturated rings. The van der Waals surface area contributed by atoms with Crippen molar-refractivity contribution in [1.29, 1.82) is 0 Å². The molecule has 2 aromatic rings. The van der Waals surface area contributed by atoms with Crippen LogP contribution in [0.5, 0.6) is 0 Å². The van der Waals surface area contributed by atoms with Gasteiger partial charge in [0, 0.05) is 57.3 Å². The van der Waals surface area contributed by atoms with E-state index in [1.54, 1.807) is 48.7 Å². The molecule has 2 amide bonds. The maximum Gasteiger partial charge on any atom is 0.256 e. The van der Waals surface area contributed by atoms with Crippen LogP contribution in [-0.2, 0) is 16.1 Å². The smallest absolute Gasteiger partial charge is 0.256 e. The van der Waals surface area contributed by atoms with E-state index < -0.39 is 6.04 Å². The summed E-state index contributed by atoms with van der Waals surface area (Å²) in [7, 11) is 1.66. The van der Waals surface area contributed by atoms with Gasteiger partial charge in [0.25, 0.3) is 5.91 Å². The fourth-order valence-electron chi connectivity index (χ4n) is 5.41. The maximum atomic E-state index is 13.6. The molecule has 8 nitrogen and oxygen atoms in total. The highest BCUT2D eigenvalue weighted by atomic mass is 19.1. The topological polar surface area (TPSA) is 101 Å². The Balaban J connectivity index is 1.53. The fourth-order valence-corrected chi connectivity index (χ4v) is 5.41. The quantitative estimate of drug-likeness (QED) is 0.537. The van der Waals surface area contributed by atoms with E-state index in [0.29, 0.717) is 38.2 Å². The molecule has 1 aliphatic heterocycles. The lowest BCUT2D eigenvalue weighted by Gasteiger charge is -2.43. The van der Waals surface area contributed by atoms with E-state index in [2.05, 4.69) is 15.2 Å². The van der Waals surface area contributed by atoms with Crippen molar-refractivity contribution in [3.8, 4) is 0 Å². The van der Waals surface area contributed by atoms with E-state index in [1.807, 2.05) is 0 Å². The van der Waals surface area contributed by atoms with Crippen molar-refractivity contribution >= 4 is 11.8 Å². The van der Waals surface area contributed by atoms with E-state index in [0.717, 1.165) is 37.7 Å². The van der Waals surface area contributed by atoms with Crippen LogP contribution < -0.4 is 11.1 Å². The number of carbonyl (C=O) groups excluding carboxylic acids is 2. The minimum atomic E-state index is -0.597. The number of hydrogen-bond acceptors (Lipinski definition) is 6. The zero-order valence-electron chi connectivity index (χ0n) is 21.5. The SMILES string of the molecule is COCCN(Cc1ccc(F)cc1)C1CCN(C(=O)c2cccnc2)[C@@H](C(=O)NC2CCC(N)CC2)C1. The summed E-state index contributed by atoms with van der Waals surface area (Å²) in [6.45, 7) is 2.28. The first-order valence-corrected chi connectivity index (χ1v) is 13.2. The third-order valence-corrected chi connectivity index (χ3v) is 7.56. The summed E-state index contributed by atoms with van der Waals surface area (Å²) in [6.07, 6.45) is 7.88. The van der Waals surface area contributed by atoms with Crippen LogP contribution in [0.25, 0.3) is 0 Å². The number of nitrogens with one attached hydrogen (secondary N) is 1. The lowest BCUT2D eigenvalue weighted by molar-refractivity contribution is -0.128. The molecule has 2 atom stereocenters. The van der Waals surface area contributed by atoms with E-state index in [1.165, 1.54) is 12.1 Å². The number of hydrogen-bond donors (Lipinski definition) is 2. The van der Waals surface area contributed by atoms with Gasteiger partial charge in [-0.05, 0) is 68.4 Å². The van der Waals surface area contributed by atoms with Gasteiger partial charge in [0.1, 0.15) is 11.9 Å². The van der Waals surface area contributed by atoms with Crippen molar-refractivity contribution in [2.75, 3.05) is 26.8 Å². The third-order valence-electron chi connectivity index (χ3n) is 7.56. The molecule has 0 bridgehead atoms. The molecule has 2 aliphatic rings. The van der Waals surface area contributed by atoms with Gasteiger partial charge < -0.3 is 20.7 Å². The normalized spacial score (nSPS) is 24.2. The standard InChI is InChI=1S/C28H38FN5O3/c1-37-16-15-33(19-20-4-6-22(29)7-5-20)25-12-14-34(28(36)21-3-2-13-31-18-21)26(17-25)27(35)32-24-10-8-23(30)9-11-24/h2-7,13,18,23-26H,8-12,14-17,19,30H2,1H3,(H,32,35)/t23?,24?,25?,26-/m1/s1. The Morgan fingerprint density at radius 3 is 2.59 bits per heavy atom. The van der Waals surface area contributed by atoms with Gasteiger partial charge in [-0.2, -0.15) is 0 Å². The molecule has 1 aliphatic carbocycles. The van der Waals surface area contributed by atoms with Crippen molar-refractivity contribution < 1.29 is 18.7 Å². The fraction of sp³-hybridized carbons (Fsp3) is 0.536. The highest BCUT2D eigenvalue weighted by Crippen LogP contribution is 2.26. The maximum absolute atomic E-state index is 13.6. The van der Waals surface area contributed by atoms with E-state index in [4.69, 9.17) is 10.5 Å². The van der Waals surface area contributed by atoms with Crippen molar-refractivity contribution in [3.63, 3.8) is 0 Å². The van der Waals surface area contributed by atoms with Crippen molar-refractivity contribution in [2.45, 2.75) is 69.2 Å². The number of halogens is 1. The van der Waals surface area contributed by atoms with Crippen LogP contribution in [0.3, 0.4) is 0 Å². The number of likely N-dealkylation sites (tertiary alicyclic amines) is 1. The molecule has 1 saturated heterocycles. The van der Waals surface area contributed by atoms with E-state index >= 15 is 0 Å². The Morgan fingerprint density at radius 1 is 1.16 bits per heavy atom. The molecular formula is C28H38FN5O3. The molecule has 0 radical (unpaired) electrons. The predicted molar refractivity (Wildman–Crippen MR) is 139 cm³/mol. The summed E-state index contributed by atoms with van der Waals surface area (Å²) < 4.78 is 18.8. The summed E-state index contributed by atoms with van der Waals surface area (Å²) in [6, 6.07) is 9.70. The Morgan fingerprint density at radius 2 is 1.92 bits per heavy atom. The van der Waals surface area contributed by atoms with Crippen molar-refractivity contribution in [2.24, 2.45) is 5.73 Å². The van der Waals surface area contributed by atoms with Gasteiger partial charge in [-0.25, -0.2) is 4.39 Å². The molecule has 1 saturated carbocycles. The molecule has 3 N–H and O–H groups in total. The number of ether oxygens (including phenoxy) is 1. The highest BCUT2D eigenvalue weighted by Gasteiger charge is 2.39. The number of benzene rings is 1. The van der Waals surface area contributed by atoms with Crippen LogP contribution >= 0.6 is 0 Å². The predicted octanol–water partition coefficient (Wildman–Crippen LogP) is 2.73. The van der Waals surface area contributed by atoms with Gasteiger partial charge in [0.05, 0.1) is 12.2 Å². The first-order chi connectivity index (χ1) is 17.9. The Labute approximate surface area is 218 Å². The highest BCUT2D eigenvalue weighted by molar-refractivity contribution is 5.97. The van der Waals surface area contributed by atoms with E-state index in [9.17, 15) is 14.0 Å². The second-order valence-electron chi connectivity index (χ2n) is 10.1. The first kappa shape index (κ1) is 27.2. The zero-order chi connectivity index (χ0) is 26.2. The molecule has 4 rings (SSSR count). The van der Waals surface area contributed by atoms with Gasteiger partial charge in [-0.15, -0.1) is 0 Å². The molecular weight excluding hydrogens is 473 g/mol. The minimum Gasteiger partial charge on any atom is -0.383 e. The third kappa shape index (κ3) is 7.34. The van der Waals surface area contributed by atoms with Gasteiger partial charge in [0.2, 0.25) is 5.91 Å². The van der Waals surface area contributed by atoms with Crippen molar-refractivity contribution in [3.05, 3.63) is 65.7 Å². The number of amides is 2. The summed E-state index contributed by atoms with van der Waals surface area (Å²) in [5, 5.41) is 3.22. The number of nitrogens with zero attached hydrogens (tertiary/aromatic N) is 3. The van der Waals surface area contributed by atoms with Crippen LogP contribution in [0.2, 0.25) is 0 Å². The molecule has 9 heteroatoms. The van der Waals surface area contributed by atoms with Crippen LogP contribution in [-0.4, -0.2) is 77.6 Å². The van der Waals surface area contributed by atoms with Crippen LogP contribution in [0, 0.1) is 5.82 Å². The molecule has 1 aromatic carbocycles. The summed E-state index contributed by atoms with van der Waals surface area (Å²) in [5.41, 5.74) is 7.52. The Kier molecular flexibility index (Phi) is 9.60. The summed E-state index contributed by atoms with van der Waals surface area (Å²) >= 11 is 0. The summed E-state index contributed by atoms with van der Waals surface area (Å²) in [5.74, 6) is -0.565. The van der Waals surface area contributed by atoms with Crippen LogP contribution in [0.15, 0.2) is 48.8 Å². The lowest BCUT2D eigenvalue weighted by atomic mass is 9.90. The molecule has 200 valence electrons. The second kappa shape index (κ2) is 13.1. The van der Waals surface area contributed by atoms with Gasteiger partial charge in [0.15, 0.2) is 0 Å². The van der Waals surface area contributed by atoms with Gasteiger partial charge >= 0.3 is 0 Å².